The first-order chi connectivity index (χ1) is 15.7. The highest BCUT2D eigenvalue weighted by molar-refractivity contribution is 6.06. The lowest BCUT2D eigenvalue weighted by Gasteiger charge is -2.27. The minimum absolute atomic E-state index is 0.132. The monoisotopic (exact) mass is 425 g/mol. The molecule has 1 amide bonds. The van der Waals surface area contributed by atoms with Crippen molar-refractivity contribution in [1.29, 1.82) is 0 Å². The highest BCUT2D eigenvalue weighted by atomic mass is 16.3. The zero-order chi connectivity index (χ0) is 21.9. The van der Waals surface area contributed by atoms with E-state index in [0.29, 0.717) is 5.56 Å². The lowest BCUT2D eigenvalue weighted by atomic mass is 10.1. The molecule has 5 nitrogen and oxygen atoms in total. The molecule has 5 rings (SSSR count). The van der Waals surface area contributed by atoms with Crippen LogP contribution in [0.4, 0.5) is 5.69 Å². The molecule has 1 aliphatic rings. The molecule has 0 unspecified atom stereocenters. The van der Waals surface area contributed by atoms with Gasteiger partial charge in [0.15, 0.2) is 0 Å². The van der Waals surface area contributed by atoms with Gasteiger partial charge in [0.1, 0.15) is 11.3 Å². The molecule has 0 radical (unpaired) electrons. The molecule has 2 heterocycles. The third kappa shape index (κ3) is 4.31. The maximum atomic E-state index is 12.8. The SMILES string of the molecule is Cc1ccc(C(=O)Nc2ccccc2-c2cc3c(CN4CCNCC4)cccc3o2)cc1. The number of furan rings is 1. The number of carbonyl (C=O) groups is 1. The fourth-order valence-corrected chi connectivity index (χ4v) is 4.21. The number of rotatable bonds is 5. The molecular weight excluding hydrogens is 398 g/mol. The van der Waals surface area contributed by atoms with Crippen molar-refractivity contribution >= 4 is 22.6 Å². The van der Waals surface area contributed by atoms with Crippen LogP contribution in [-0.4, -0.2) is 37.0 Å². The van der Waals surface area contributed by atoms with Crippen molar-refractivity contribution in [3.63, 3.8) is 0 Å². The number of piperazine rings is 1. The third-order valence-corrected chi connectivity index (χ3v) is 6.01. The van der Waals surface area contributed by atoms with E-state index in [-0.39, 0.29) is 5.91 Å². The van der Waals surface area contributed by atoms with Crippen LogP contribution in [0, 0.1) is 6.92 Å². The largest absolute Gasteiger partial charge is 0.456 e. The van der Waals surface area contributed by atoms with E-state index in [1.165, 1.54) is 5.56 Å². The average Bonchev–Trinajstić information content (AvgIpc) is 3.26. The fraction of sp³-hybridized carbons (Fsp3) is 0.222. The van der Waals surface area contributed by atoms with E-state index in [2.05, 4.69) is 33.7 Å². The van der Waals surface area contributed by atoms with Crippen LogP contribution in [-0.2, 0) is 6.54 Å². The standard InChI is InChI=1S/C27H27N3O2/c1-19-9-11-20(12-10-19)27(31)29-24-7-3-2-6-22(24)26-17-23-21(5-4-8-25(23)32-26)18-30-15-13-28-14-16-30/h2-12,17,28H,13-16,18H2,1H3,(H,29,31). The summed E-state index contributed by atoms with van der Waals surface area (Å²) in [5, 5.41) is 7.59. The summed E-state index contributed by atoms with van der Waals surface area (Å²) in [5.74, 6) is 0.625. The molecule has 2 N–H and O–H groups in total. The Balaban J connectivity index is 1.44. The zero-order valence-corrected chi connectivity index (χ0v) is 18.2. The van der Waals surface area contributed by atoms with E-state index in [4.69, 9.17) is 4.42 Å². The number of anilines is 1. The van der Waals surface area contributed by atoms with E-state index in [0.717, 1.165) is 66.3 Å². The quantitative estimate of drug-likeness (QED) is 0.469. The predicted octanol–water partition coefficient (Wildman–Crippen LogP) is 5.07. The average molecular weight is 426 g/mol. The summed E-state index contributed by atoms with van der Waals surface area (Å²) >= 11 is 0. The first kappa shape index (κ1) is 20.5. The molecule has 5 heteroatoms. The van der Waals surface area contributed by atoms with E-state index >= 15 is 0 Å². The van der Waals surface area contributed by atoms with Gasteiger partial charge in [0.05, 0.1) is 5.69 Å². The molecule has 1 saturated heterocycles. The summed E-state index contributed by atoms with van der Waals surface area (Å²) in [5.41, 5.74) is 5.50. The van der Waals surface area contributed by atoms with Crippen molar-refractivity contribution in [2.75, 3.05) is 31.5 Å². The maximum absolute atomic E-state index is 12.8. The molecule has 0 saturated carbocycles. The van der Waals surface area contributed by atoms with Crippen molar-refractivity contribution in [2.45, 2.75) is 13.5 Å². The van der Waals surface area contributed by atoms with Crippen molar-refractivity contribution in [3.8, 4) is 11.3 Å². The highest BCUT2D eigenvalue weighted by Gasteiger charge is 2.17. The number of hydrogen-bond acceptors (Lipinski definition) is 4. The summed E-state index contributed by atoms with van der Waals surface area (Å²) < 4.78 is 6.25. The predicted molar refractivity (Wildman–Crippen MR) is 129 cm³/mol. The minimum Gasteiger partial charge on any atom is -0.456 e. The lowest BCUT2D eigenvalue weighted by Crippen LogP contribution is -2.42. The number of para-hydroxylation sites is 1. The molecule has 0 aliphatic carbocycles. The second-order valence-electron chi connectivity index (χ2n) is 8.33. The van der Waals surface area contributed by atoms with Gasteiger partial charge in [-0.2, -0.15) is 0 Å². The highest BCUT2D eigenvalue weighted by Crippen LogP contribution is 2.34. The van der Waals surface area contributed by atoms with Crippen LogP contribution in [0.25, 0.3) is 22.3 Å². The number of nitrogens with zero attached hydrogens (tertiary/aromatic N) is 1. The summed E-state index contributed by atoms with van der Waals surface area (Å²) in [6.07, 6.45) is 0. The first-order valence-corrected chi connectivity index (χ1v) is 11.1. The van der Waals surface area contributed by atoms with Gasteiger partial charge in [-0.05, 0) is 48.9 Å². The Labute approximate surface area is 188 Å². The Bertz CT molecular complexity index is 1240. The Hall–Kier alpha value is -3.41. The van der Waals surface area contributed by atoms with E-state index in [1.54, 1.807) is 0 Å². The number of nitrogens with one attached hydrogen (secondary N) is 2. The second kappa shape index (κ2) is 8.99. The molecule has 1 aromatic heterocycles. The van der Waals surface area contributed by atoms with Crippen molar-refractivity contribution in [1.82, 2.24) is 10.2 Å². The Morgan fingerprint density at radius 2 is 1.78 bits per heavy atom. The summed E-state index contributed by atoms with van der Waals surface area (Å²) in [4.78, 5) is 15.3. The third-order valence-electron chi connectivity index (χ3n) is 6.01. The molecule has 0 bridgehead atoms. The van der Waals surface area contributed by atoms with Crippen LogP contribution in [0.15, 0.2) is 77.2 Å². The van der Waals surface area contributed by atoms with Gasteiger partial charge < -0.3 is 15.1 Å². The van der Waals surface area contributed by atoms with E-state index in [1.807, 2.05) is 61.5 Å². The maximum Gasteiger partial charge on any atom is 0.255 e. The molecule has 0 atom stereocenters. The number of aryl methyl sites for hydroxylation is 1. The van der Waals surface area contributed by atoms with E-state index in [9.17, 15) is 4.79 Å². The molecule has 1 fully saturated rings. The smallest absolute Gasteiger partial charge is 0.255 e. The molecule has 1 aliphatic heterocycles. The van der Waals surface area contributed by atoms with Gasteiger partial charge in [0, 0.05) is 49.2 Å². The van der Waals surface area contributed by atoms with Crippen molar-refractivity contribution in [3.05, 3.63) is 89.5 Å². The number of amides is 1. The number of fused-ring (bicyclic) bond motifs is 1. The van der Waals surface area contributed by atoms with Gasteiger partial charge in [-0.3, -0.25) is 9.69 Å². The van der Waals surface area contributed by atoms with Crippen LogP contribution in [0.2, 0.25) is 0 Å². The van der Waals surface area contributed by atoms with Gasteiger partial charge in [-0.25, -0.2) is 0 Å². The molecule has 4 aromatic rings. The number of carbonyl (C=O) groups excluding carboxylic acids is 1. The van der Waals surface area contributed by atoms with Gasteiger partial charge in [-0.15, -0.1) is 0 Å². The first-order valence-electron chi connectivity index (χ1n) is 11.1. The second-order valence-corrected chi connectivity index (χ2v) is 8.33. The van der Waals surface area contributed by atoms with Crippen LogP contribution >= 0.6 is 0 Å². The van der Waals surface area contributed by atoms with Crippen molar-refractivity contribution < 1.29 is 9.21 Å². The van der Waals surface area contributed by atoms with Crippen LogP contribution < -0.4 is 10.6 Å². The molecule has 32 heavy (non-hydrogen) atoms. The summed E-state index contributed by atoms with van der Waals surface area (Å²) in [7, 11) is 0. The van der Waals surface area contributed by atoms with E-state index < -0.39 is 0 Å². The molecular formula is C27H27N3O2. The number of hydrogen-bond donors (Lipinski definition) is 2. The Kier molecular flexibility index (Phi) is 5.75. The van der Waals surface area contributed by atoms with Gasteiger partial charge in [-0.1, -0.05) is 42.0 Å². The zero-order valence-electron chi connectivity index (χ0n) is 18.2. The van der Waals surface area contributed by atoms with Crippen LogP contribution in [0.3, 0.4) is 0 Å². The van der Waals surface area contributed by atoms with Crippen LogP contribution in [0.5, 0.6) is 0 Å². The van der Waals surface area contributed by atoms with Gasteiger partial charge in [0.25, 0.3) is 5.91 Å². The Morgan fingerprint density at radius 3 is 2.59 bits per heavy atom. The van der Waals surface area contributed by atoms with Gasteiger partial charge >= 0.3 is 0 Å². The van der Waals surface area contributed by atoms with Gasteiger partial charge in [0.2, 0.25) is 0 Å². The molecule has 162 valence electrons. The normalized spacial score (nSPS) is 14.5. The summed E-state index contributed by atoms with van der Waals surface area (Å²) in [6, 6.07) is 23.7. The summed E-state index contributed by atoms with van der Waals surface area (Å²) in [6.45, 7) is 7.07. The Morgan fingerprint density at radius 1 is 1.00 bits per heavy atom. The number of benzene rings is 3. The molecule has 0 spiro atoms. The molecule has 3 aromatic carbocycles. The van der Waals surface area contributed by atoms with Crippen molar-refractivity contribution in [2.24, 2.45) is 0 Å². The lowest BCUT2D eigenvalue weighted by molar-refractivity contribution is 0.102. The minimum atomic E-state index is -0.132. The topological polar surface area (TPSA) is 57.5 Å². The fourth-order valence-electron chi connectivity index (χ4n) is 4.21. The van der Waals surface area contributed by atoms with Crippen LogP contribution in [0.1, 0.15) is 21.5 Å².